The number of rotatable bonds is 14. The first-order valence-corrected chi connectivity index (χ1v) is 16.0. The van der Waals surface area contributed by atoms with Gasteiger partial charge in [0.15, 0.2) is 24.7 Å². The van der Waals surface area contributed by atoms with Crippen LogP contribution in [0.4, 0.5) is 4.39 Å². The summed E-state index contributed by atoms with van der Waals surface area (Å²) in [5, 5.41) is 43.0. The second-order valence-electron chi connectivity index (χ2n) is 12.7. The number of hydrogen-bond donors (Lipinski definition) is 10. The predicted octanol–water partition coefficient (Wildman–Crippen LogP) is -4.87. The lowest BCUT2D eigenvalue weighted by molar-refractivity contribution is -0.291. The topological polar surface area (TPSA) is 309 Å². The van der Waals surface area contributed by atoms with Crippen LogP contribution in [0, 0.1) is 5.92 Å². The first-order chi connectivity index (χ1) is 21.9. The van der Waals surface area contributed by atoms with E-state index in [9.17, 15) is 29.6 Å². The molecule has 0 spiro atoms. The molecular formula is C28H53FN6O11. The van der Waals surface area contributed by atoms with Crippen molar-refractivity contribution in [3.8, 4) is 0 Å². The highest BCUT2D eigenvalue weighted by Crippen LogP contribution is 2.37. The van der Waals surface area contributed by atoms with Crippen LogP contribution in [-0.4, -0.2) is 151 Å². The summed E-state index contributed by atoms with van der Waals surface area (Å²) in [6, 6.07) is -1.96. The van der Waals surface area contributed by atoms with Gasteiger partial charge in [0.2, 0.25) is 0 Å². The van der Waals surface area contributed by atoms with E-state index in [0.717, 1.165) is 0 Å². The lowest BCUT2D eigenvalue weighted by Crippen LogP contribution is -2.63. The molecule has 268 valence electrons. The van der Waals surface area contributed by atoms with E-state index in [-0.39, 0.29) is 31.7 Å². The summed E-state index contributed by atoms with van der Waals surface area (Å²) in [6.45, 7) is -0.667. The maximum atomic E-state index is 14.0. The molecule has 1 saturated carbocycles. The van der Waals surface area contributed by atoms with Crippen molar-refractivity contribution in [1.29, 1.82) is 0 Å². The third-order valence-electron chi connectivity index (χ3n) is 9.37. The lowest BCUT2D eigenvalue weighted by Gasteiger charge is -2.46. The first kappa shape index (κ1) is 37.8. The molecule has 0 aromatic carbocycles. The van der Waals surface area contributed by atoms with Gasteiger partial charge in [-0.25, -0.2) is 4.39 Å². The minimum Gasteiger partial charge on any atom is -0.394 e. The van der Waals surface area contributed by atoms with Crippen LogP contribution >= 0.6 is 0 Å². The number of aliphatic hydroxyl groups excluding tert-OH is 4. The van der Waals surface area contributed by atoms with Gasteiger partial charge in [-0.15, -0.1) is 0 Å². The molecule has 0 aromatic heterocycles. The molecule has 4 rings (SSSR count). The summed E-state index contributed by atoms with van der Waals surface area (Å²) < 4.78 is 50.0. The Kier molecular flexibility index (Phi) is 14.0. The zero-order valence-corrected chi connectivity index (χ0v) is 25.9. The van der Waals surface area contributed by atoms with Crippen molar-refractivity contribution < 1.29 is 58.0 Å². The van der Waals surface area contributed by atoms with E-state index in [4.69, 9.17) is 62.8 Å². The first-order valence-electron chi connectivity index (χ1n) is 16.0. The van der Waals surface area contributed by atoms with Crippen molar-refractivity contribution in [1.82, 2.24) is 0 Å². The standard InChI is InChI=1S/C28H53FN6O11/c29-14(9-32)21(39)18(37)6-11-5-17(35)23(44-26-15(33)3-1-12(7-30)41-26)25(20(11)38)46-28-22(40)24(19(10-36)43-28)45-27-16(34)4-2-13(8-31)42-27/h11-17,19-28,36,38-40H,1-10,30-35H2/t11-,12-,13+,14+,15+,16+,17-,19+,20-,21-,22+,23+,24+,25+,26+,27+,28-/m0/s1. The second-order valence-corrected chi connectivity index (χ2v) is 12.7. The van der Waals surface area contributed by atoms with Crippen LogP contribution in [0.15, 0.2) is 0 Å². The van der Waals surface area contributed by atoms with E-state index in [1.165, 1.54) is 0 Å². The Morgan fingerprint density at radius 1 is 0.783 bits per heavy atom. The monoisotopic (exact) mass is 668 g/mol. The van der Waals surface area contributed by atoms with Gasteiger partial charge in [-0.1, -0.05) is 0 Å². The molecule has 0 radical (unpaired) electrons. The number of ketones is 1. The molecule has 16 N–H and O–H groups in total. The fraction of sp³-hybridized carbons (Fsp3) is 0.964. The highest BCUT2D eigenvalue weighted by Gasteiger charge is 2.53. The van der Waals surface area contributed by atoms with Crippen molar-refractivity contribution in [2.75, 3.05) is 26.2 Å². The van der Waals surface area contributed by atoms with Crippen molar-refractivity contribution in [2.45, 2.75) is 137 Å². The van der Waals surface area contributed by atoms with Crippen LogP contribution < -0.4 is 34.4 Å². The summed E-state index contributed by atoms with van der Waals surface area (Å²) >= 11 is 0. The highest BCUT2D eigenvalue weighted by atomic mass is 19.1. The fourth-order valence-electron chi connectivity index (χ4n) is 6.54. The van der Waals surface area contributed by atoms with Gasteiger partial charge in [0.25, 0.3) is 0 Å². The molecule has 18 heteroatoms. The number of hydrogen-bond acceptors (Lipinski definition) is 17. The van der Waals surface area contributed by atoms with Crippen molar-refractivity contribution in [3.63, 3.8) is 0 Å². The molecule has 17 atom stereocenters. The van der Waals surface area contributed by atoms with Gasteiger partial charge in [0.1, 0.15) is 42.8 Å². The lowest BCUT2D eigenvalue weighted by atomic mass is 9.76. The summed E-state index contributed by atoms with van der Waals surface area (Å²) in [7, 11) is 0. The Morgan fingerprint density at radius 2 is 1.33 bits per heavy atom. The molecule has 4 aliphatic rings. The maximum absolute atomic E-state index is 14.0. The van der Waals surface area contributed by atoms with E-state index in [0.29, 0.717) is 25.7 Å². The summed E-state index contributed by atoms with van der Waals surface area (Å²) in [4.78, 5) is 12.7. The zero-order valence-electron chi connectivity index (χ0n) is 25.9. The van der Waals surface area contributed by atoms with Gasteiger partial charge in [0.05, 0.1) is 37.0 Å². The van der Waals surface area contributed by atoms with Gasteiger partial charge in [0, 0.05) is 32.1 Å². The smallest absolute Gasteiger partial charge is 0.187 e. The second kappa shape index (κ2) is 17.1. The van der Waals surface area contributed by atoms with Crippen molar-refractivity contribution in [2.24, 2.45) is 40.3 Å². The minimum atomic E-state index is -1.99. The van der Waals surface area contributed by atoms with Gasteiger partial charge in [-0.2, -0.15) is 0 Å². The summed E-state index contributed by atoms with van der Waals surface area (Å²) in [5.74, 6) is -1.79. The molecule has 0 aromatic rings. The third kappa shape index (κ3) is 8.75. The van der Waals surface area contributed by atoms with E-state index in [1.807, 2.05) is 0 Å². The van der Waals surface area contributed by atoms with Crippen LogP contribution in [0.3, 0.4) is 0 Å². The Hall–Kier alpha value is -1.04. The predicted molar refractivity (Wildman–Crippen MR) is 158 cm³/mol. The Bertz CT molecular complexity index is 966. The molecule has 0 bridgehead atoms. The molecule has 0 unspecified atom stereocenters. The average molecular weight is 669 g/mol. The Morgan fingerprint density at radius 3 is 1.85 bits per heavy atom. The minimum absolute atomic E-state index is 0.0182. The van der Waals surface area contributed by atoms with E-state index >= 15 is 0 Å². The van der Waals surface area contributed by atoms with E-state index < -0.39 is 117 Å². The number of halogens is 1. The normalized spacial score (nSPS) is 45.0. The number of alkyl halides is 1. The third-order valence-corrected chi connectivity index (χ3v) is 9.37. The van der Waals surface area contributed by atoms with Gasteiger partial charge >= 0.3 is 0 Å². The van der Waals surface area contributed by atoms with Crippen molar-refractivity contribution in [3.05, 3.63) is 0 Å². The van der Waals surface area contributed by atoms with Crippen molar-refractivity contribution >= 4 is 5.78 Å². The molecule has 3 saturated heterocycles. The van der Waals surface area contributed by atoms with E-state index in [2.05, 4.69) is 0 Å². The number of nitrogens with two attached hydrogens (primary N) is 6. The molecule has 3 heterocycles. The molecule has 1 aliphatic carbocycles. The Labute approximate surface area is 267 Å². The largest absolute Gasteiger partial charge is 0.394 e. The van der Waals surface area contributed by atoms with E-state index in [1.54, 1.807) is 0 Å². The number of Topliss-reactive ketones (excluding diaryl/α,β-unsaturated/α-hetero) is 1. The SMILES string of the molecule is NC[C@@H]1CC[C@@H](N)[C@@H](O[C@H]2[C@H](O[C@@H]3O[C@H](CO)[C@@H](O[C@H]4O[C@@H](CN)CC[C@H]4N)[C@H]3O)[C@@H](O)[C@H](CC(=O)[C@@H](O)[C@H](F)CN)C[C@@H]2N)O1. The van der Waals surface area contributed by atoms with Crippen LogP contribution in [0.5, 0.6) is 0 Å². The molecule has 17 nitrogen and oxygen atoms in total. The van der Waals surface area contributed by atoms with Gasteiger partial charge in [-0.3, -0.25) is 4.79 Å². The fourth-order valence-corrected chi connectivity index (χ4v) is 6.54. The summed E-state index contributed by atoms with van der Waals surface area (Å²) in [5.41, 5.74) is 35.8. The number of carbonyl (C=O) groups excluding carboxylic acids is 1. The molecule has 0 amide bonds. The zero-order chi connectivity index (χ0) is 33.7. The Balaban J connectivity index is 1.54. The van der Waals surface area contributed by atoms with Gasteiger partial charge < -0.3 is 83.2 Å². The van der Waals surface area contributed by atoms with Crippen LogP contribution in [-0.2, 0) is 33.2 Å². The number of aliphatic hydroxyl groups is 4. The summed E-state index contributed by atoms with van der Waals surface area (Å²) in [6.07, 6.45) is -13.7. The molecule has 3 aliphatic heterocycles. The number of carbonyl (C=O) groups is 1. The van der Waals surface area contributed by atoms with Gasteiger partial charge in [-0.05, 0) is 38.0 Å². The maximum Gasteiger partial charge on any atom is 0.187 e. The highest BCUT2D eigenvalue weighted by molar-refractivity contribution is 5.83. The molecule has 46 heavy (non-hydrogen) atoms. The average Bonchev–Trinajstić information content (AvgIpc) is 3.35. The number of ether oxygens (including phenoxy) is 6. The quantitative estimate of drug-likeness (QED) is 0.0829. The van der Waals surface area contributed by atoms with Crippen LogP contribution in [0.1, 0.15) is 38.5 Å². The van der Waals surface area contributed by atoms with Crippen LogP contribution in [0.25, 0.3) is 0 Å². The molecular weight excluding hydrogens is 615 g/mol. The molecule has 4 fully saturated rings. The van der Waals surface area contributed by atoms with Crippen LogP contribution in [0.2, 0.25) is 0 Å².